The molecule has 0 saturated carbocycles. The summed E-state index contributed by atoms with van der Waals surface area (Å²) in [5.74, 6) is -0.856. The minimum atomic E-state index is -2.57. The molecule has 0 unspecified atom stereocenters. The molecule has 0 aromatic rings. The van der Waals surface area contributed by atoms with Gasteiger partial charge in [0.15, 0.2) is 0 Å². The van der Waals surface area contributed by atoms with Crippen LogP contribution in [0.5, 0.6) is 0 Å². The van der Waals surface area contributed by atoms with E-state index in [1.165, 1.54) is 0 Å². The molecule has 2 amide bonds. The maximum atomic E-state index is 11.8. The van der Waals surface area contributed by atoms with Gasteiger partial charge in [-0.25, -0.2) is 13.6 Å². The Kier molecular flexibility index (Phi) is 7.23. The van der Waals surface area contributed by atoms with Crippen molar-refractivity contribution in [3.8, 4) is 0 Å². The Bertz CT molecular complexity index is 283. The summed E-state index contributed by atoms with van der Waals surface area (Å²) in [6, 6.07) is -0.635. The van der Waals surface area contributed by atoms with E-state index >= 15 is 0 Å². The lowest BCUT2D eigenvalue weighted by molar-refractivity contribution is -0.137. The highest BCUT2D eigenvalue weighted by Crippen LogP contribution is 2.25. The van der Waals surface area contributed by atoms with Crippen molar-refractivity contribution >= 4 is 12.0 Å². The van der Waals surface area contributed by atoms with Crippen molar-refractivity contribution < 1.29 is 23.5 Å². The first-order valence-electron chi connectivity index (χ1n) is 5.74. The first-order chi connectivity index (χ1) is 8.23. The van der Waals surface area contributed by atoms with Gasteiger partial charge < -0.3 is 15.7 Å². The van der Waals surface area contributed by atoms with Gasteiger partial charge in [-0.1, -0.05) is 13.8 Å². The third kappa shape index (κ3) is 9.80. The van der Waals surface area contributed by atoms with E-state index in [-0.39, 0.29) is 11.8 Å². The van der Waals surface area contributed by atoms with E-state index in [0.717, 1.165) is 0 Å². The largest absolute Gasteiger partial charge is 0.481 e. The molecule has 0 rings (SSSR count). The van der Waals surface area contributed by atoms with Crippen LogP contribution in [0.25, 0.3) is 0 Å². The number of nitrogens with one attached hydrogen (secondary N) is 2. The number of urea groups is 1. The molecule has 3 N–H and O–H groups in total. The van der Waals surface area contributed by atoms with E-state index in [9.17, 15) is 18.4 Å². The molecule has 0 aromatic carbocycles. The topological polar surface area (TPSA) is 78.4 Å². The fourth-order valence-corrected chi connectivity index (χ4v) is 1.32. The second kappa shape index (κ2) is 7.84. The Labute approximate surface area is 105 Å². The van der Waals surface area contributed by atoms with Crippen LogP contribution in [0.3, 0.4) is 0 Å². The fraction of sp³-hybridized carbons (Fsp3) is 0.818. The van der Waals surface area contributed by atoms with E-state index in [1.807, 2.05) is 19.2 Å². The first-order valence-corrected chi connectivity index (χ1v) is 5.74. The molecule has 0 heterocycles. The van der Waals surface area contributed by atoms with Crippen molar-refractivity contribution in [2.75, 3.05) is 13.1 Å². The van der Waals surface area contributed by atoms with Crippen LogP contribution < -0.4 is 10.6 Å². The van der Waals surface area contributed by atoms with Crippen LogP contribution in [0.1, 0.15) is 33.1 Å². The normalized spacial score (nSPS) is 11.4. The van der Waals surface area contributed by atoms with Crippen LogP contribution >= 0.6 is 0 Å². The van der Waals surface area contributed by atoms with E-state index in [4.69, 9.17) is 5.11 Å². The van der Waals surface area contributed by atoms with Gasteiger partial charge in [0.2, 0.25) is 0 Å². The molecule has 0 fully saturated rings. The number of alkyl halides is 2. The Hall–Kier alpha value is -1.40. The molecule has 0 aromatic heterocycles. The van der Waals surface area contributed by atoms with Gasteiger partial charge in [0.25, 0.3) is 6.43 Å². The number of hydrogen-bond donors (Lipinski definition) is 3. The van der Waals surface area contributed by atoms with Crippen LogP contribution in [-0.4, -0.2) is 36.6 Å². The van der Waals surface area contributed by atoms with Crippen molar-refractivity contribution in [3.05, 3.63) is 0 Å². The summed E-state index contributed by atoms with van der Waals surface area (Å²) < 4.78 is 23.6. The van der Waals surface area contributed by atoms with E-state index in [1.54, 1.807) is 0 Å². The molecule has 106 valence electrons. The third-order valence-electron chi connectivity index (χ3n) is 2.52. The second-order valence-corrected chi connectivity index (χ2v) is 4.84. The fourth-order valence-electron chi connectivity index (χ4n) is 1.32. The van der Waals surface area contributed by atoms with Crippen LogP contribution in [0.4, 0.5) is 13.6 Å². The molecule has 7 heteroatoms. The predicted octanol–water partition coefficient (Wildman–Crippen LogP) is 1.83. The summed E-state index contributed by atoms with van der Waals surface area (Å²) in [6.45, 7) is 3.44. The summed E-state index contributed by atoms with van der Waals surface area (Å²) in [6.07, 6.45) is -1.40. The lowest BCUT2D eigenvalue weighted by Crippen LogP contribution is -2.39. The number of carbonyl (C=O) groups is 2. The average Bonchev–Trinajstić information content (AvgIpc) is 2.23. The predicted molar refractivity (Wildman–Crippen MR) is 62.7 cm³/mol. The number of halogens is 2. The number of aliphatic carboxylic acids is 1. The number of carboxylic acid groups (broad SMARTS) is 1. The van der Waals surface area contributed by atoms with Crippen LogP contribution in [0, 0.1) is 5.41 Å². The highest BCUT2D eigenvalue weighted by Gasteiger charge is 2.19. The molecule has 0 saturated heterocycles. The SMILES string of the molecule is CC(C)(CCNC(=O)NCC(F)F)CCC(=O)O. The molecular formula is C11H20F2N2O3. The zero-order valence-corrected chi connectivity index (χ0v) is 10.6. The van der Waals surface area contributed by atoms with Crippen molar-refractivity contribution in [2.24, 2.45) is 5.41 Å². The molecule has 0 spiro atoms. The monoisotopic (exact) mass is 266 g/mol. The van der Waals surface area contributed by atoms with Gasteiger partial charge >= 0.3 is 12.0 Å². The number of amides is 2. The third-order valence-corrected chi connectivity index (χ3v) is 2.52. The van der Waals surface area contributed by atoms with Gasteiger partial charge in [0, 0.05) is 13.0 Å². The zero-order valence-electron chi connectivity index (χ0n) is 10.6. The van der Waals surface area contributed by atoms with Gasteiger partial charge in [0.1, 0.15) is 0 Å². The Balaban J connectivity index is 3.74. The maximum Gasteiger partial charge on any atom is 0.314 e. The van der Waals surface area contributed by atoms with Crippen LogP contribution in [-0.2, 0) is 4.79 Å². The number of rotatable bonds is 8. The highest BCUT2D eigenvalue weighted by atomic mass is 19.3. The van der Waals surface area contributed by atoms with E-state index in [0.29, 0.717) is 19.4 Å². The minimum absolute atomic E-state index is 0.0740. The van der Waals surface area contributed by atoms with Gasteiger partial charge in [0.05, 0.1) is 6.54 Å². The standard InChI is InChI=1S/C11H20F2N2O3/c1-11(2,4-3-9(16)17)5-6-14-10(18)15-7-8(12)13/h8H,3-7H2,1-2H3,(H,16,17)(H2,14,15,18). The van der Waals surface area contributed by atoms with Gasteiger partial charge in [-0.2, -0.15) is 0 Å². The van der Waals surface area contributed by atoms with Crippen molar-refractivity contribution in [3.63, 3.8) is 0 Å². The Morgan fingerprint density at radius 2 is 1.83 bits per heavy atom. The lowest BCUT2D eigenvalue weighted by atomic mass is 9.84. The smallest absolute Gasteiger partial charge is 0.314 e. The molecular weight excluding hydrogens is 246 g/mol. The highest BCUT2D eigenvalue weighted by molar-refractivity contribution is 5.73. The molecule has 0 radical (unpaired) electrons. The van der Waals surface area contributed by atoms with Gasteiger partial charge in [-0.15, -0.1) is 0 Å². The molecule has 0 aliphatic heterocycles. The van der Waals surface area contributed by atoms with Gasteiger partial charge in [-0.05, 0) is 18.3 Å². The number of carbonyl (C=O) groups excluding carboxylic acids is 1. The summed E-state index contributed by atoms with van der Waals surface area (Å²) in [5, 5.41) is 13.0. The first kappa shape index (κ1) is 16.6. The molecule has 0 atom stereocenters. The quantitative estimate of drug-likeness (QED) is 0.627. The van der Waals surface area contributed by atoms with E-state index in [2.05, 4.69) is 5.32 Å². The molecule has 18 heavy (non-hydrogen) atoms. The second-order valence-electron chi connectivity index (χ2n) is 4.84. The average molecular weight is 266 g/mol. The Morgan fingerprint density at radius 3 is 2.33 bits per heavy atom. The van der Waals surface area contributed by atoms with Crippen molar-refractivity contribution in [1.82, 2.24) is 10.6 Å². The number of hydrogen-bond acceptors (Lipinski definition) is 2. The molecule has 0 aliphatic rings. The van der Waals surface area contributed by atoms with Gasteiger partial charge in [-0.3, -0.25) is 4.79 Å². The number of carboxylic acids is 1. The molecule has 0 aliphatic carbocycles. The summed E-state index contributed by atoms with van der Waals surface area (Å²) in [4.78, 5) is 21.5. The summed E-state index contributed by atoms with van der Waals surface area (Å²) in [7, 11) is 0. The maximum absolute atomic E-state index is 11.8. The molecule has 5 nitrogen and oxygen atoms in total. The van der Waals surface area contributed by atoms with Crippen LogP contribution in [0.2, 0.25) is 0 Å². The Morgan fingerprint density at radius 1 is 1.22 bits per heavy atom. The minimum Gasteiger partial charge on any atom is -0.481 e. The summed E-state index contributed by atoms with van der Waals surface area (Å²) >= 11 is 0. The summed E-state index contributed by atoms with van der Waals surface area (Å²) in [5.41, 5.74) is -0.214. The lowest BCUT2D eigenvalue weighted by Gasteiger charge is -2.23. The van der Waals surface area contributed by atoms with Crippen LogP contribution in [0.15, 0.2) is 0 Å². The molecule has 0 bridgehead atoms. The van der Waals surface area contributed by atoms with Crippen molar-refractivity contribution in [1.29, 1.82) is 0 Å². The van der Waals surface area contributed by atoms with E-state index < -0.39 is 25.0 Å². The van der Waals surface area contributed by atoms with Crippen molar-refractivity contribution in [2.45, 2.75) is 39.5 Å². The zero-order chi connectivity index (χ0) is 14.2.